The van der Waals surface area contributed by atoms with Crippen LogP contribution in [0.15, 0.2) is 75.6 Å². The highest BCUT2D eigenvalue weighted by Crippen LogP contribution is 2.28. The summed E-state index contributed by atoms with van der Waals surface area (Å²) in [6, 6.07) is 12.3. The van der Waals surface area contributed by atoms with E-state index < -0.39 is 23.4 Å². The second-order valence-corrected chi connectivity index (χ2v) is 7.57. The third-order valence-electron chi connectivity index (χ3n) is 4.38. The van der Waals surface area contributed by atoms with Crippen molar-refractivity contribution < 1.29 is 18.7 Å². The van der Waals surface area contributed by atoms with Gasteiger partial charge in [0.15, 0.2) is 5.65 Å². The minimum Gasteiger partial charge on any atom is -0.465 e. The Hall–Kier alpha value is -3.99. The van der Waals surface area contributed by atoms with Crippen molar-refractivity contribution >= 4 is 35.0 Å². The van der Waals surface area contributed by atoms with Crippen LogP contribution in [0.5, 0.6) is 0 Å². The molecular formula is C21H16FN5O4S. The number of halogens is 1. The fraction of sp³-hybridized carbons (Fsp3) is 0.0952. The number of nitrogens with one attached hydrogen (secondary N) is 1. The van der Waals surface area contributed by atoms with E-state index in [9.17, 15) is 18.8 Å². The van der Waals surface area contributed by atoms with Crippen LogP contribution in [0.1, 0.15) is 10.4 Å². The Morgan fingerprint density at radius 3 is 2.78 bits per heavy atom. The standard InChI is InChI=1S/C21H16FN5O4S/c1-31-20(29)15-7-2-3-8-16(15)24-17(28)12-27-21(30)26-10-9-23-19(18(26)25-27)32-14-6-4-5-13(22)11-14/h2-11H,12H2,1H3,(H,24,28). The van der Waals surface area contributed by atoms with Crippen LogP contribution >= 0.6 is 11.8 Å². The smallest absolute Gasteiger partial charge is 0.350 e. The fourth-order valence-corrected chi connectivity index (χ4v) is 3.83. The van der Waals surface area contributed by atoms with Crippen LogP contribution in [-0.2, 0) is 16.1 Å². The van der Waals surface area contributed by atoms with Gasteiger partial charge in [-0.15, -0.1) is 5.10 Å². The number of fused-ring (bicyclic) bond motifs is 1. The van der Waals surface area contributed by atoms with E-state index in [1.54, 1.807) is 30.3 Å². The fourth-order valence-electron chi connectivity index (χ4n) is 2.95. The normalized spacial score (nSPS) is 10.8. The highest BCUT2D eigenvalue weighted by atomic mass is 32.2. The molecule has 4 rings (SSSR count). The maximum atomic E-state index is 13.5. The summed E-state index contributed by atoms with van der Waals surface area (Å²) in [6.45, 7) is -0.389. The molecule has 0 bridgehead atoms. The zero-order chi connectivity index (χ0) is 22.7. The molecule has 1 amide bonds. The van der Waals surface area contributed by atoms with Gasteiger partial charge in [0, 0.05) is 17.3 Å². The Balaban J connectivity index is 1.59. The van der Waals surface area contributed by atoms with Crippen LogP contribution < -0.4 is 11.0 Å². The molecule has 0 unspecified atom stereocenters. The monoisotopic (exact) mass is 453 g/mol. The van der Waals surface area contributed by atoms with Gasteiger partial charge in [-0.3, -0.25) is 4.79 Å². The first-order chi connectivity index (χ1) is 15.5. The van der Waals surface area contributed by atoms with Crippen LogP contribution in [0.3, 0.4) is 0 Å². The van der Waals surface area contributed by atoms with Crippen molar-refractivity contribution in [3.8, 4) is 0 Å². The first kappa shape index (κ1) is 21.2. The van der Waals surface area contributed by atoms with E-state index in [2.05, 4.69) is 15.4 Å². The largest absolute Gasteiger partial charge is 0.465 e. The molecule has 2 heterocycles. The Kier molecular flexibility index (Phi) is 5.99. The minimum absolute atomic E-state index is 0.184. The lowest BCUT2D eigenvalue weighted by Gasteiger charge is -2.09. The van der Waals surface area contributed by atoms with E-state index in [1.165, 1.54) is 42.1 Å². The number of ether oxygens (including phenoxy) is 1. The van der Waals surface area contributed by atoms with Crippen LogP contribution in [0.2, 0.25) is 0 Å². The molecule has 0 aliphatic heterocycles. The number of para-hydroxylation sites is 1. The van der Waals surface area contributed by atoms with Gasteiger partial charge < -0.3 is 10.1 Å². The number of nitrogens with zero attached hydrogens (tertiary/aromatic N) is 4. The van der Waals surface area contributed by atoms with Crippen molar-refractivity contribution in [3.63, 3.8) is 0 Å². The summed E-state index contributed by atoms with van der Waals surface area (Å²) in [6.07, 6.45) is 2.86. The number of carbonyl (C=O) groups excluding carboxylic acids is 2. The average Bonchev–Trinajstić information content (AvgIpc) is 3.10. The summed E-state index contributed by atoms with van der Waals surface area (Å²) in [7, 11) is 1.24. The van der Waals surface area contributed by atoms with E-state index in [0.29, 0.717) is 9.92 Å². The third kappa shape index (κ3) is 4.37. The highest BCUT2D eigenvalue weighted by molar-refractivity contribution is 7.99. The lowest BCUT2D eigenvalue weighted by Crippen LogP contribution is -2.28. The van der Waals surface area contributed by atoms with Crippen molar-refractivity contribution in [3.05, 3.63) is 82.8 Å². The number of benzene rings is 2. The molecule has 32 heavy (non-hydrogen) atoms. The number of rotatable bonds is 6. The quantitative estimate of drug-likeness (QED) is 0.447. The summed E-state index contributed by atoms with van der Waals surface area (Å²) in [5.74, 6) is -1.55. The molecule has 4 aromatic rings. The van der Waals surface area contributed by atoms with Crippen LogP contribution in [0.4, 0.5) is 10.1 Å². The molecule has 0 saturated carbocycles. The Labute approximate surface area is 184 Å². The molecule has 0 aliphatic rings. The third-order valence-corrected chi connectivity index (χ3v) is 5.35. The number of esters is 1. The van der Waals surface area contributed by atoms with Crippen LogP contribution in [0.25, 0.3) is 5.65 Å². The van der Waals surface area contributed by atoms with E-state index in [-0.39, 0.29) is 23.4 Å². The number of aromatic nitrogens is 4. The Morgan fingerprint density at radius 2 is 2.00 bits per heavy atom. The lowest BCUT2D eigenvalue weighted by atomic mass is 10.2. The summed E-state index contributed by atoms with van der Waals surface area (Å²) in [4.78, 5) is 42.0. The van der Waals surface area contributed by atoms with E-state index in [1.807, 2.05) is 0 Å². The minimum atomic E-state index is -0.601. The van der Waals surface area contributed by atoms with Crippen molar-refractivity contribution in [1.29, 1.82) is 0 Å². The summed E-state index contributed by atoms with van der Waals surface area (Å²) in [5, 5.41) is 7.20. The highest BCUT2D eigenvalue weighted by Gasteiger charge is 2.17. The molecule has 2 aromatic heterocycles. The molecule has 0 fully saturated rings. The van der Waals surface area contributed by atoms with Crippen molar-refractivity contribution in [1.82, 2.24) is 19.2 Å². The van der Waals surface area contributed by atoms with Crippen molar-refractivity contribution in [2.45, 2.75) is 16.5 Å². The summed E-state index contributed by atoms with van der Waals surface area (Å²) >= 11 is 1.14. The number of methoxy groups -OCH3 is 1. The van der Waals surface area contributed by atoms with Crippen LogP contribution in [0, 0.1) is 5.82 Å². The predicted octanol–water partition coefficient (Wildman–Crippen LogP) is 2.61. The van der Waals surface area contributed by atoms with Gasteiger partial charge in [-0.25, -0.2) is 28.0 Å². The topological polar surface area (TPSA) is 108 Å². The SMILES string of the molecule is COC(=O)c1ccccc1NC(=O)Cn1nc2c(Sc3cccc(F)c3)nccn2c1=O. The molecule has 0 saturated heterocycles. The second-order valence-electron chi connectivity index (χ2n) is 6.51. The van der Waals surface area contributed by atoms with Crippen LogP contribution in [-0.4, -0.2) is 38.2 Å². The van der Waals surface area contributed by atoms with Gasteiger partial charge in [0.25, 0.3) is 0 Å². The van der Waals surface area contributed by atoms with Gasteiger partial charge in [-0.1, -0.05) is 30.0 Å². The number of hydrogen-bond acceptors (Lipinski definition) is 7. The predicted molar refractivity (Wildman–Crippen MR) is 114 cm³/mol. The number of amides is 1. The molecule has 2 aromatic carbocycles. The van der Waals surface area contributed by atoms with Crippen molar-refractivity contribution in [2.75, 3.05) is 12.4 Å². The second kappa shape index (κ2) is 9.02. The van der Waals surface area contributed by atoms with E-state index in [0.717, 1.165) is 16.4 Å². The lowest BCUT2D eigenvalue weighted by molar-refractivity contribution is -0.117. The first-order valence-corrected chi connectivity index (χ1v) is 10.1. The van der Waals surface area contributed by atoms with Gasteiger partial charge in [0.2, 0.25) is 5.91 Å². The number of anilines is 1. The Morgan fingerprint density at radius 1 is 1.19 bits per heavy atom. The molecule has 0 radical (unpaired) electrons. The molecule has 1 N–H and O–H groups in total. The maximum absolute atomic E-state index is 13.5. The van der Waals surface area contributed by atoms with Gasteiger partial charge in [0.1, 0.15) is 17.4 Å². The van der Waals surface area contributed by atoms with Gasteiger partial charge in [-0.2, -0.15) is 0 Å². The van der Waals surface area contributed by atoms with Crippen molar-refractivity contribution in [2.24, 2.45) is 0 Å². The number of hydrogen-bond donors (Lipinski definition) is 1. The van der Waals surface area contributed by atoms with Gasteiger partial charge >= 0.3 is 11.7 Å². The zero-order valence-electron chi connectivity index (χ0n) is 16.7. The summed E-state index contributed by atoms with van der Waals surface area (Å²) < 4.78 is 20.4. The van der Waals surface area contributed by atoms with Gasteiger partial charge in [-0.05, 0) is 30.3 Å². The van der Waals surface area contributed by atoms with E-state index >= 15 is 0 Å². The first-order valence-electron chi connectivity index (χ1n) is 9.31. The molecule has 11 heteroatoms. The number of carbonyl (C=O) groups is 2. The van der Waals surface area contributed by atoms with Gasteiger partial charge in [0.05, 0.1) is 18.4 Å². The Bertz CT molecular complexity index is 1380. The molecule has 0 spiro atoms. The molecule has 9 nitrogen and oxygen atoms in total. The summed E-state index contributed by atoms with van der Waals surface area (Å²) in [5.41, 5.74) is 0.128. The van der Waals surface area contributed by atoms with E-state index in [4.69, 9.17) is 4.74 Å². The molecule has 0 atom stereocenters. The molecule has 162 valence electrons. The maximum Gasteiger partial charge on any atom is 0.350 e. The molecule has 0 aliphatic carbocycles. The average molecular weight is 453 g/mol. The molecular weight excluding hydrogens is 437 g/mol. The zero-order valence-corrected chi connectivity index (χ0v) is 17.5.